The highest BCUT2D eigenvalue weighted by Gasteiger charge is 2.21. The van der Waals surface area contributed by atoms with Crippen molar-refractivity contribution < 1.29 is 4.79 Å². The van der Waals surface area contributed by atoms with Gasteiger partial charge in [0.15, 0.2) is 0 Å². The van der Waals surface area contributed by atoms with E-state index in [0.29, 0.717) is 6.42 Å². The fraction of sp³-hybridized carbons (Fsp3) is 0.0333. The molecule has 0 spiro atoms. The number of benzene rings is 3. The van der Waals surface area contributed by atoms with E-state index in [-0.39, 0.29) is 5.91 Å². The zero-order chi connectivity index (χ0) is 22.8. The Kier molecular flexibility index (Phi) is 4.28. The number of hydrogen-bond donors (Lipinski definition) is 0. The Hall–Kier alpha value is -3.73. The van der Waals surface area contributed by atoms with E-state index in [1.165, 1.54) is 25.7 Å². The van der Waals surface area contributed by atoms with E-state index in [1.54, 1.807) is 11.3 Å². The molecule has 0 unspecified atom stereocenters. The predicted octanol–water partition coefficient (Wildman–Crippen LogP) is 9.06. The van der Waals surface area contributed by atoms with Gasteiger partial charge in [-0.05, 0) is 47.0 Å². The lowest BCUT2D eigenvalue weighted by molar-refractivity contribution is 0.0927. The molecule has 0 N–H and O–H groups in total. The van der Waals surface area contributed by atoms with E-state index in [9.17, 15) is 4.79 Å². The average Bonchev–Trinajstić information content (AvgIpc) is 3.54. The third-order valence-corrected chi connectivity index (χ3v) is 8.53. The molecular formula is C30H19NOS2. The molecule has 0 saturated heterocycles. The van der Waals surface area contributed by atoms with Crippen molar-refractivity contribution in [2.24, 2.45) is 0 Å². The minimum Gasteiger partial charge on any atom is -0.278 e. The Bertz CT molecular complexity index is 1870. The van der Waals surface area contributed by atoms with Crippen molar-refractivity contribution in [3.63, 3.8) is 0 Å². The third kappa shape index (κ3) is 2.82. The van der Waals surface area contributed by atoms with E-state index >= 15 is 0 Å². The molecule has 0 radical (unpaired) electrons. The number of aromatic nitrogens is 1. The van der Waals surface area contributed by atoms with Crippen LogP contribution in [0.1, 0.15) is 16.8 Å². The molecule has 34 heavy (non-hydrogen) atoms. The number of carbonyl (C=O) groups excluding carboxylic acids is 1. The van der Waals surface area contributed by atoms with Crippen LogP contribution in [0.15, 0.2) is 96.2 Å². The normalized spacial score (nSPS) is 16.1. The van der Waals surface area contributed by atoms with Gasteiger partial charge in [-0.25, -0.2) is 0 Å². The van der Waals surface area contributed by atoms with Crippen LogP contribution in [0, 0.1) is 0 Å². The molecular weight excluding hydrogens is 454 g/mol. The molecule has 0 amide bonds. The van der Waals surface area contributed by atoms with Crippen molar-refractivity contribution in [1.82, 2.24) is 4.57 Å². The summed E-state index contributed by atoms with van der Waals surface area (Å²) in [6, 6.07) is 19.8. The van der Waals surface area contributed by atoms with Crippen LogP contribution in [-0.4, -0.2) is 10.5 Å². The van der Waals surface area contributed by atoms with Gasteiger partial charge in [0.05, 0.1) is 11.0 Å². The third-order valence-electron chi connectivity index (χ3n) is 6.65. The first-order valence-corrected chi connectivity index (χ1v) is 13.0. The second kappa shape index (κ2) is 7.39. The highest BCUT2D eigenvalue weighted by Crippen LogP contribution is 2.41. The summed E-state index contributed by atoms with van der Waals surface area (Å²) in [6.07, 6.45) is 8.21. The van der Waals surface area contributed by atoms with Gasteiger partial charge in [-0.1, -0.05) is 55.1 Å². The van der Waals surface area contributed by atoms with Gasteiger partial charge in [-0.3, -0.25) is 9.36 Å². The molecule has 0 fully saturated rings. The average molecular weight is 474 g/mol. The Morgan fingerprint density at radius 3 is 2.62 bits per heavy atom. The summed E-state index contributed by atoms with van der Waals surface area (Å²) in [6.45, 7) is 4.37. The largest absolute Gasteiger partial charge is 0.278 e. The lowest BCUT2D eigenvalue weighted by Gasteiger charge is -2.13. The van der Waals surface area contributed by atoms with Crippen molar-refractivity contribution in [2.45, 2.75) is 6.42 Å². The summed E-state index contributed by atoms with van der Waals surface area (Å²) in [7, 11) is 0. The first-order chi connectivity index (χ1) is 16.7. The topological polar surface area (TPSA) is 22.0 Å². The quantitative estimate of drug-likeness (QED) is 0.233. The molecule has 3 aromatic carbocycles. The molecule has 0 aliphatic carbocycles. The summed E-state index contributed by atoms with van der Waals surface area (Å²) in [5.41, 5.74) is 6.15. The van der Waals surface area contributed by atoms with Gasteiger partial charge >= 0.3 is 0 Å². The minimum atomic E-state index is 0.0814. The van der Waals surface area contributed by atoms with E-state index in [0.717, 1.165) is 38.5 Å². The lowest BCUT2D eigenvalue weighted by atomic mass is 9.95. The van der Waals surface area contributed by atoms with Gasteiger partial charge in [-0.15, -0.1) is 22.7 Å². The standard InChI is InChI=1S/C30H19NOS2/c1-18-7-3-2-4-10-29(32)31-26-17-33-16-25(26)24-15-20(14-22(18)30(24)31)19-11-12-28-23(13-19)21-8-5-6-9-27(21)34-28/h2-9,11-17H,1,10H2/b4-2-,7-3-. The maximum atomic E-state index is 13.2. The molecule has 1 aliphatic rings. The van der Waals surface area contributed by atoms with Crippen LogP contribution in [0.4, 0.5) is 0 Å². The number of hydrogen-bond acceptors (Lipinski definition) is 3. The zero-order valence-corrected chi connectivity index (χ0v) is 19.9. The number of carbonyl (C=O) groups is 1. The first-order valence-electron chi connectivity index (χ1n) is 11.2. The Balaban J connectivity index is 1.56. The summed E-state index contributed by atoms with van der Waals surface area (Å²) >= 11 is 3.47. The van der Waals surface area contributed by atoms with Crippen molar-refractivity contribution in [1.29, 1.82) is 0 Å². The Morgan fingerprint density at radius 1 is 0.824 bits per heavy atom. The summed E-state index contributed by atoms with van der Waals surface area (Å²) in [5.74, 6) is 0.0814. The summed E-state index contributed by atoms with van der Waals surface area (Å²) in [5, 5.41) is 9.04. The maximum absolute atomic E-state index is 13.2. The first kappa shape index (κ1) is 19.7. The highest BCUT2D eigenvalue weighted by atomic mass is 32.1. The monoisotopic (exact) mass is 473 g/mol. The smallest absolute Gasteiger partial charge is 0.235 e. The molecule has 3 aromatic heterocycles. The Labute approximate surface area is 204 Å². The number of rotatable bonds is 1. The van der Waals surface area contributed by atoms with E-state index in [1.807, 2.05) is 40.2 Å². The van der Waals surface area contributed by atoms with Crippen LogP contribution < -0.4 is 0 Å². The second-order valence-electron chi connectivity index (χ2n) is 8.65. The molecule has 6 aromatic rings. The fourth-order valence-electron chi connectivity index (χ4n) is 5.04. The molecule has 162 valence electrons. The molecule has 4 heteroatoms. The molecule has 7 rings (SSSR count). The fourth-order valence-corrected chi connectivity index (χ4v) is 6.94. The molecule has 2 nitrogen and oxygen atoms in total. The van der Waals surface area contributed by atoms with Gasteiger partial charge in [0, 0.05) is 53.7 Å². The molecule has 0 saturated carbocycles. The van der Waals surface area contributed by atoms with E-state index < -0.39 is 0 Å². The van der Waals surface area contributed by atoms with Gasteiger partial charge in [0.1, 0.15) is 0 Å². The van der Waals surface area contributed by atoms with Crippen LogP contribution >= 0.6 is 22.7 Å². The van der Waals surface area contributed by atoms with Crippen molar-refractivity contribution >= 4 is 76.1 Å². The van der Waals surface area contributed by atoms with Gasteiger partial charge < -0.3 is 0 Å². The van der Waals surface area contributed by atoms with Crippen LogP contribution in [0.2, 0.25) is 0 Å². The highest BCUT2D eigenvalue weighted by molar-refractivity contribution is 7.25. The minimum absolute atomic E-state index is 0.0814. The van der Waals surface area contributed by atoms with Crippen molar-refractivity contribution in [3.8, 4) is 11.1 Å². The van der Waals surface area contributed by atoms with Crippen LogP contribution in [0.25, 0.3) is 58.7 Å². The summed E-state index contributed by atoms with van der Waals surface area (Å²) < 4.78 is 4.50. The van der Waals surface area contributed by atoms with Gasteiger partial charge in [-0.2, -0.15) is 0 Å². The van der Waals surface area contributed by atoms with Gasteiger partial charge in [0.2, 0.25) is 5.91 Å². The van der Waals surface area contributed by atoms with Crippen LogP contribution in [0.3, 0.4) is 0 Å². The summed E-state index contributed by atoms with van der Waals surface area (Å²) in [4.78, 5) is 13.2. The number of allylic oxidation sites excluding steroid dienone is 5. The SMILES string of the molecule is C=C1/C=C\C=C/CC(=O)n2c3cscc3c3cc(-c4ccc5sc6ccccc6c5c4)cc1c32. The number of nitrogens with zero attached hydrogens (tertiary/aromatic N) is 1. The van der Waals surface area contributed by atoms with Crippen LogP contribution in [-0.2, 0) is 0 Å². The molecule has 4 heterocycles. The molecule has 1 aliphatic heterocycles. The zero-order valence-electron chi connectivity index (χ0n) is 18.2. The predicted molar refractivity (Wildman–Crippen MR) is 148 cm³/mol. The number of thiophene rings is 2. The van der Waals surface area contributed by atoms with Crippen molar-refractivity contribution in [3.05, 3.63) is 102 Å². The van der Waals surface area contributed by atoms with E-state index in [4.69, 9.17) is 0 Å². The molecule has 0 bridgehead atoms. The van der Waals surface area contributed by atoms with Gasteiger partial charge in [0.25, 0.3) is 0 Å². The van der Waals surface area contributed by atoms with E-state index in [2.05, 4.69) is 71.9 Å². The lowest BCUT2D eigenvalue weighted by Crippen LogP contribution is -2.10. The molecule has 0 atom stereocenters. The van der Waals surface area contributed by atoms with Crippen molar-refractivity contribution in [2.75, 3.05) is 0 Å². The second-order valence-corrected chi connectivity index (χ2v) is 10.5. The Morgan fingerprint density at radius 2 is 1.68 bits per heavy atom. The van der Waals surface area contributed by atoms with Crippen LogP contribution in [0.5, 0.6) is 0 Å². The maximum Gasteiger partial charge on any atom is 0.235 e. The number of fused-ring (bicyclic) bond motifs is 6.